The van der Waals surface area contributed by atoms with Crippen LogP contribution in [0.4, 0.5) is 0 Å². The molecule has 1 saturated carbocycles. The van der Waals surface area contributed by atoms with E-state index in [4.69, 9.17) is 15.2 Å². The van der Waals surface area contributed by atoms with E-state index in [1.165, 1.54) is 0 Å². The van der Waals surface area contributed by atoms with Gasteiger partial charge in [-0.15, -0.1) is 24.8 Å². The van der Waals surface area contributed by atoms with Crippen LogP contribution in [-0.2, 0) is 11.3 Å². The van der Waals surface area contributed by atoms with E-state index in [0.29, 0.717) is 0 Å². The summed E-state index contributed by atoms with van der Waals surface area (Å²) in [5.41, 5.74) is 7.23. The van der Waals surface area contributed by atoms with Crippen LogP contribution < -0.4 is 15.2 Å². The molecule has 1 heterocycles. The van der Waals surface area contributed by atoms with Crippen molar-refractivity contribution in [3.63, 3.8) is 0 Å². The number of hydrogen-bond acceptors (Lipinski definition) is 5. The monoisotopic (exact) mass is 447 g/mol. The summed E-state index contributed by atoms with van der Waals surface area (Å²) >= 11 is 0. The zero-order valence-electron chi connectivity index (χ0n) is 17.7. The van der Waals surface area contributed by atoms with Crippen LogP contribution in [0.1, 0.15) is 38.2 Å². The Labute approximate surface area is 186 Å². The standard InChI is InChI=1S/C21H33N3O3.2ClH/c1-21(22)7-5-4-6-19(21)20(25)24-10-8-23(9-11-24)15-16-12-17(26-2)14-18(13-16)27-3;;/h12-14,19H,4-11,15,22H2,1-3H3;2*1H. The Morgan fingerprint density at radius 3 is 2.17 bits per heavy atom. The van der Waals surface area contributed by atoms with Gasteiger partial charge in [-0.25, -0.2) is 0 Å². The van der Waals surface area contributed by atoms with E-state index in [9.17, 15) is 4.79 Å². The normalized spacial score (nSPS) is 24.8. The Kier molecular flexibility index (Phi) is 10.0. The van der Waals surface area contributed by atoms with E-state index in [1.54, 1.807) is 14.2 Å². The fourth-order valence-corrected chi connectivity index (χ4v) is 4.33. The molecule has 166 valence electrons. The molecule has 29 heavy (non-hydrogen) atoms. The molecule has 1 aliphatic heterocycles. The van der Waals surface area contributed by atoms with Gasteiger partial charge >= 0.3 is 0 Å². The molecule has 2 N–H and O–H groups in total. The maximum absolute atomic E-state index is 13.0. The third-order valence-corrected chi connectivity index (χ3v) is 6.05. The van der Waals surface area contributed by atoms with E-state index >= 15 is 0 Å². The lowest BCUT2D eigenvalue weighted by Gasteiger charge is -2.42. The van der Waals surface area contributed by atoms with Crippen molar-refractivity contribution < 1.29 is 14.3 Å². The van der Waals surface area contributed by atoms with Gasteiger partial charge in [-0.2, -0.15) is 0 Å². The van der Waals surface area contributed by atoms with Crippen LogP contribution in [0.5, 0.6) is 11.5 Å². The molecule has 1 aromatic carbocycles. The van der Waals surface area contributed by atoms with Gasteiger partial charge in [0.05, 0.1) is 20.1 Å². The van der Waals surface area contributed by atoms with Crippen LogP contribution in [0.15, 0.2) is 18.2 Å². The van der Waals surface area contributed by atoms with Crippen molar-refractivity contribution in [3.05, 3.63) is 23.8 Å². The van der Waals surface area contributed by atoms with Crippen molar-refractivity contribution in [1.29, 1.82) is 0 Å². The maximum Gasteiger partial charge on any atom is 0.227 e. The number of nitrogens with two attached hydrogens (primary N) is 1. The Bertz CT molecular complexity index is 642. The molecule has 1 saturated heterocycles. The van der Waals surface area contributed by atoms with E-state index in [-0.39, 0.29) is 42.2 Å². The fourth-order valence-electron chi connectivity index (χ4n) is 4.33. The minimum absolute atomic E-state index is 0. The summed E-state index contributed by atoms with van der Waals surface area (Å²) < 4.78 is 10.7. The second-order valence-corrected chi connectivity index (χ2v) is 8.13. The summed E-state index contributed by atoms with van der Waals surface area (Å²) in [6.07, 6.45) is 4.12. The van der Waals surface area contributed by atoms with E-state index in [1.807, 2.05) is 30.0 Å². The van der Waals surface area contributed by atoms with E-state index in [0.717, 1.165) is 75.5 Å². The van der Waals surface area contributed by atoms with Crippen LogP contribution in [0.25, 0.3) is 0 Å². The molecule has 0 aromatic heterocycles. The Morgan fingerprint density at radius 1 is 1.07 bits per heavy atom. The molecule has 1 amide bonds. The van der Waals surface area contributed by atoms with Crippen LogP contribution in [0.3, 0.4) is 0 Å². The smallest absolute Gasteiger partial charge is 0.227 e. The molecule has 2 fully saturated rings. The molecule has 1 aromatic rings. The highest BCUT2D eigenvalue weighted by atomic mass is 35.5. The number of nitrogens with zero attached hydrogens (tertiary/aromatic N) is 2. The fraction of sp³-hybridized carbons (Fsp3) is 0.667. The Hall–Kier alpha value is -1.21. The summed E-state index contributed by atoms with van der Waals surface area (Å²) in [5, 5.41) is 0. The van der Waals surface area contributed by atoms with Crippen LogP contribution in [0.2, 0.25) is 0 Å². The van der Waals surface area contributed by atoms with Gasteiger partial charge in [0.25, 0.3) is 0 Å². The van der Waals surface area contributed by atoms with Crippen molar-refractivity contribution in [1.82, 2.24) is 9.80 Å². The number of carbonyl (C=O) groups excluding carboxylic acids is 1. The van der Waals surface area contributed by atoms with Crippen molar-refractivity contribution in [2.75, 3.05) is 40.4 Å². The van der Waals surface area contributed by atoms with E-state index in [2.05, 4.69) is 4.90 Å². The molecule has 1 aliphatic carbocycles. The number of halogens is 2. The van der Waals surface area contributed by atoms with Gasteiger partial charge in [-0.1, -0.05) is 12.8 Å². The molecule has 0 bridgehead atoms. The van der Waals surface area contributed by atoms with Gasteiger partial charge in [-0.3, -0.25) is 9.69 Å². The first-order chi connectivity index (χ1) is 12.9. The van der Waals surface area contributed by atoms with Gasteiger partial charge in [0.2, 0.25) is 5.91 Å². The number of benzene rings is 1. The molecule has 2 aliphatic rings. The number of piperazine rings is 1. The Morgan fingerprint density at radius 2 is 1.66 bits per heavy atom. The molecule has 0 spiro atoms. The van der Waals surface area contributed by atoms with Gasteiger partial charge in [0.15, 0.2) is 0 Å². The average molecular weight is 448 g/mol. The van der Waals surface area contributed by atoms with Gasteiger partial charge in [0, 0.05) is 44.3 Å². The van der Waals surface area contributed by atoms with Crippen molar-refractivity contribution in [2.45, 2.75) is 44.7 Å². The number of rotatable bonds is 5. The lowest BCUT2D eigenvalue weighted by Crippen LogP contribution is -2.57. The summed E-state index contributed by atoms with van der Waals surface area (Å²) in [6.45, 7) is 6.16. The lowest BCUT2D eigenvalue weighted by atomic mass is 9.74. The van der Waals surface area contributed by atoms with Gasteiger partial charge in [0.1, 0.15) is 11.5 Å². The number of hydrogen-bond donors (Lipinski definition) is 1. The summed E-state index contributed by atoms with van der Waals surface area (Å²) in [5.74, 6) is 1.83. The Balaban J connectivity index is 0.00000210. The highest BCUT2D eigenvalue weighted by molar-refractivity contribution is 5.85. The molecular formula is C21H35Cl2N3O3. The third-order valence-electron chi connectivity index (χ3n) is 6.05. The van der Waals surface area contributed by atoms with Gasteiger partial charge in [-0.05, 0) is 37.5 Å². The average Bonchev–Trinajstić information content (AvgIpc) is 2.67. The largest absolute Gasteiger partial charge is 0.497 e. The van der Waals surface area contributed by atoms with Crippen molar-refractivity contribution in [2.24, 2.45) is 11.7 Å². The summed E-state index contributed by atoms with van der Waals surface area (Å²) in [7, 11) is 3.33. The minimum Gasteiger partial charge on any atom is -0.497 e. The third kappa shape index (κ3) is 6.38. The van der Waals surface area contributed by atoms with E-state index < -0.39 is 0 Å². The number of ether oxygens (including phenoxy) is 2. The highest BCUT2D eigenvalue weighted by Gasteiger charge is 2.40. The predicted octanol–water partition coefficient (Wildman–Crippen LogP) is 3.10. The van der Waals surface area contributed by atoms with Gasteiger partial charge < -0.3 is 20.1 Å². The molecule has 2 unspecified atom stereocenters. The SMILES string of the molecule is COc1cc(CN2CCN(C(=O)C3CCCCC3(C)N)CC2)cc(OC)c1.Cl.Cl. The van der Waals surface area contributed by atoms with Crippen LogP contribution in [0, 0.1) is 5.92 Å². The zero-order chi connectivity index (χ0) is 19.4. The zero-order valence-corrected chi connectivity index (χ0v) is 19.3. The number of amides is 1. The number of methoxy groups -OCH3 is 2. The quantitative estimate of drug-likeness (QED) is 0.750. The summed E-state index contributed by atoms with van der Waals surface area (Å²) in [4.78, 5) is 17.4. The lowest BCUT2D eigenvalue weighted by molar-refractivity contribution is -0.140. The molecular weight excluding hydrogens is 413 g/mol. The molecule has 2 atom stereocenters. The first kappa shape index (κ1) is 25.8. The van der Waals surface area contributed by atoms with Crippen LogP contribution in [-0.4, -0.2) is 61.6 Å². The summed E-state index contributed by atoms with van der Waals surface area (Å²) in [6, 6.07) is 5.97. The minimum atomic E-state index is -0.358. The molecule has 0 radical (unpaired) electrons. The van der Waals surface area contributed by atoms with Crippen molar-refractivity contribution >= 4 is 30.7 Å². The number of carbonyl (C=O) groups is 1. The first-order valence-corrected chi connectivity index (χ1v) is 9.95. The molecule has 8 heteroatoms. The van der Waals surface area contributed by atoms with Crippen molar-refractivity contribution in [3.8, 4) is 11.5 Å². The van der Waals surface area contributed by atoms with Crippen LogP contribution >= 0.6 is 24.8 Å². The highest BCUT2D eigenvalue weighted by Crippen LogP contribution is 2.33. The maximum atomic E-state index is 13.0. The second-order valence-electron chi connectivity index (χ2n) is 8.13. The second kappa shape index (κ2) is 11.3. The molecule has 6 nitrogen and oxygen atoms in total. The molecule has 3 rings (SSSR count). The topological polar surface area (TPSA) is 68.0 Å². The first-order valence-electron chi connectivity index (χ1n) is 9.95. The predicted molar refractivity (Wildman–Crippen MR) is 120 cm³/mol.